The van der Waals surface area contributed by atoms with Crippen molar-refractivity contribution in [2.75, 3.05) is 25.4 Å². The van der Waals surface area contributed by atoms with E-state index in [2.05, 4.69) is 5.32 Å². The second-order valence-corrected chi connectivity index (χ2v) is 4.84. The van der Waals surface area contributed by atoms with Crippen molar-refractivity contribution in [3.05, 3.63) is 30.0 Å². The lowest BCUT2D eigenvalue weighted by Crippen LogP contribution is -2.37. The van der Waals surface area contributed by atoms with Gasteiger partial charge in [0.2, 0.25) is 5.91 Å². The van der Waals surface area contributed by atoms with E-state index in [9.17, 15) is 9.59 Å². The fourth-order valence-electron chi connectivity index (χ4n) is 2.30. The quantitative estimate of drug-likeness (QED) is 0.758. The van der Waals surface area contributed by atoms with Crippen LogP contribution in [0.15, 0.2) is 28.7 Å². The first-order chi connectivity index (χ1) is 9.63. The summed E-state index contributed by atoms with van der Waals surface area (Å²) in [5.74, 6) is -0.173. The third-order valence-corrected chi connectivity index (χ3v) is 3.30. The second kappa shape index (κ2) is 4.88. The number of rotatable bonds is 1. The summed E-state index contributed by atoms with van der Waals surface area (Å²) in [5.41, 5.74) is 6.93. The molecule has 6 nitrogen and oxygen atoms in total. The van der Waals surface area contributed by atoms with Gasteiger partial charge in [-0.3, -0.25) is 9.59 Å². The number of benzene rings is 1. The van der Waals surface area contributed by atoms with Crippen LogP contribution in [0.4, 0.5) is 5.69 Å². The van der Waals surface area contributed by atoms with Crippen LogP contribution >= 0.6 is 0 Å². The van der Waals surface area contributed by atoms with Crippen molar-refractivity contribution in [1.29, 1.82) is 0 Å². The van der Waals surface area contributed by atoms with E-state index in [1.807, 2.05) is 0 Å². The predicted molar refractivity (Wildman–Crippen MR) is 74.2 cm³/mol. The summed E-state index contributed by atoms with van der Waals surface area (Å²) in [6.07, 6.45) is 0.741. The molecule has 20 heavy (non-hydrogen) atoms. The van der Waals surface area contributed by atoms with E-state index in [0.29, 0.717) is 24.4 Å². The number of nitrogens with two attached hydrogens (primary N) is 1. The lowest BCUT2D eigenvalue weighted by molar-refractivity contribution is -0.121. The van der Waals surface area contributed by atoms with Gasteiger partial charge in [0, 0.05) is 24.2 Å². The molecule has 2 heterocycles. The summed E-state index contributed by atoms with van der Waals surface area (Å²) in [7, 11) is 0. The Hall–Kier alpha value is -2.50. The summed E-state index contributed by atoms with van der Waals surface area (Å²) >= 11 is 0. The Morgan fingerprint density at radius 2 is 2.20 bits per heavy atom. The number of anilines is 1. The van der Waals surface area contributed by atoms with Gasteiger partial charge in [-0.25, -0.2) is 0 Å². The number of hydrogen-bond donors (Lipinski definition) is 2. The van der Waals surface area contributed by atoms with Gasteiger partial charge in [-0.1, -0.05) is 0 Å². The van der Waals surface area contributed by atoms with E-state index in [0.717, 1.165) is 11.8 Å². The normalized spacial score (nSPS) is 16.0. The summed E-state index contributed by atoms with van der Waals surface area (Å²) in [4.78, 5) is 25.4. The van der Waals surface area contributed by atoms with E-state index in [4.69, 9.17) is 10.2 Å². The van der Waals surface area contributed by atoms with Crippen molar-refractivity contribution >= 4 is 28.5 Å². The van der Waals surface area contributed by atoms with Gasteiger partial charge < -0.3 is 20.4 Å². The van der Waals surface area contributed by atoms with Crippen molar-refractivity contribution in [3.63, 3.8) is 0 Å². The molecule has 1 aliphatic heterocycles. The number of amides is 2. The topological polar surface area (TPSA) is 88.6 Å². The van der Waals surface area contributed by atoms with E-state index in [1.165, 1.54) is 4.90 Å². The van der Waals surface area contributed by atoms with Crippen LogP contribution in [0.2, 0.25) is 0 Å². The minimum Gasteiger partial charge on any atom is -0.451 e. The average Bonchev–Trinajstić information content (AvgIpc) is 2.71. The van der Waals surface area contributed by atoms with Crippen molar-refractivity contribution in [2.45, 2.75) is 6.42 Å². The fraction of sp³-hybridized carbons (Fsp3) is 0.286. The van der Waals surface area contributed by atoms with Gasteiger partial charge in [0.1, 0.15) is 5.58 Å². The Morgan fingerprint density at radius 3 is 3.05 bits per heavy atom. The number of carbonyl (C=O) groups is 2. The highest BCUT2D eigenvalue weighted by Gasteiger charge is 2.23. The van der Waals surface area contributed by atoms with Crippen LogP contribution in [-0.4, -0.2) is 36.3 Å². The van der Waals surface area contributed by atoms with Gasteiger partial charge in [-0.2, -0.15) is 0 Å². The standard InChI is InChI=1S/C14H15N3O3/c15-10-2-3-11-9(6-10)7-12(20-11)14(19)17-5-1-4-16-13(18)8-17/h2-3,6-7H,1,4-5,8,15H2,(H,16,18). The molecule has 0 aliphatic carbocycles. The lowest BCUT2D eigenvalue weighted by Gasteiger charge is -2.17. The molecule has 6 heteroatoms. The van der Waals surface area contributed by atoms with E-state index in [1.54, 1.807) is 24.3 Å². The molecular weight excluding hydrogens is 258 g/mol. The molecule has 0 bridgehead atoms. The van der Waals surface area contributed by atoms with Crippen LogP contribution in [0.5, 0.6) is 0 Å². The van der Waals surface area contributed by atoms with Crippen LogP contribution in [0.1, 0.15) is 17.0 Å². The molecule has 1 saturated heterocycles. The van der Waals surface area contributed by atoms with Crippen molar-refractivity contribution in [2.24, 2.45) is 0 Å². The molecule has 0 radical (unpaired) electrons. The van der Waals surface area contributed by atoms with Gasteiger partial charge in [0.15, 0.2) is 5.76 Å². The van der Waals surface area contributed by atoms with Crippen molar-refractivity contribution < 1.29 is 14.0 Å². The molecule has 2 aromatic rings. The number of furan rings is 1. The molecule has 104 valence electrons. The number of nitrogen functional groups attached to an aromatic ring is 1. The minimum absolute atomic E-state index is 0.0675. The maximum atomic E-state index is 12.4. The molecule has 0 spiro atoms. The van der Waals surface area contributed by atoms with Gasteiger partial charge in [0.05, 0.1) is 6.54 Å². The number of nitrogens with one attached hydrogen (secondary N) is 1. The number of nitrogens with zero attached hydrogens (tertiary/aromatic N) is 1. The van der Waals surface area contributed by atoms with Gasteiger partial charge >= 0.3 is 0 Å². The van der Waals surface area contributed by atoms with Crippen LogP contribution in [0, 0.1) is 0 Å². The summed E-state index contributed by atoms with van der Waals surface area (Å²) < 4.78 is 5.54. The summed E-state index contributed by atoms with van der Waals surface area (Å²) in [6, 6.07) is 6.87. The molecule has 1 aromatic carbocycles. The molecule has 1 fully saturated rings. The van der Waals surface area contributed by atoms with E-state index in [-0.39, 0.29) is 24.1 Å². The molecule has 0 unspecified atom stereocenters. The minimum atomic E-state index is -0.267. The molecular formula is C14H15N3O3. The SMILES string of the molecule is Nc1ccc2oc(C(=O)N3CCCNC(=O)C3)cc2c1. The first-order valence-electron chi connectivity index (χ1n) is 6.48. The highest BCUT2D eigenvalue weighted by molar-refractivity contribution is 5.98. The van der Waals surface area contributed by atoms with Crippen molar-refractivity contribution in [1.82, 2.24) is 10.2 Å². The molecule has 3 rings (SSSR count). The Kier molecular flexibility index (Phi) is 3.06. The Bertz CT molecular complexity index is 677. The number of fused-ring (bicyclic) bond motifs is 1. The monoisotopic (exact) mass is 273 g/mol. The van der Waals surface area contributed by atoms with Crippen LogP contribution in [0.25, 0.3) is 11.0 Å². The Balaban J connectivity index is 1.89. The van der Waals surface area contributed by atoms with Gasteiger partial charge in [-0.05, 0) is 30.7 Å². The first-order valence-corrected chi connectivity index (χ1v) is 6.48. The zero-order chi connectivity index (χ0) is 14.1. The van der Waals surface area contributed by atoms with Crippen LogP contribution in [0.3, 0.4) is 0 Å². The highest BCUT2D eigenvalue weighted by atomic mass is 16.3. The van der Waals surface area contributed by atoms with Crippen LogP contribution in [-0.2, 0) is 4.79 Å². The third kappa shape index (κ3) is 2.32. The first kappa shape index (κ1) is 12.5. The smallest absolute Gasteiger partial charge is 0.290 e. The zero-order valence-corrected chi connectivity index (χ0v) is 10.9. The molecule has 1 aromatic heterocycles. The van der Waals surface area contributed by atoms with Gasteiger partial charge in [-0.15, -0.1) is 0 Å². The summed E-state index contributed by atoms with van der Waals surface area (Å²) in [6.45, 7) is 1.20. The number of carbonyl (C=O) groups excluding carboxylic acids is 2. The largest absolute Gasteiger partial charge is 0.451 e. The maximum absolute atomic E-state index is 12.4. The summed E-state index contributed by atoms with van der Waals surface area (Å²) in [5, 5.41) is 3.52. The molecule has 1 aliphatic rings. The van der Waals surface area contributed by atoms with E-state index < -0.39 is 0 Å². The lowest BCUT2D eigenvalue weighted by atomic mass is 10.2. The fourth-order valence-corrected chi connectivity index (χ4v) is 2.30. The maximum Gasteiger partial charge on any atom is 0.290 e. The third-order valence-electron chi connectivity index (χ3n) is 3.30. The van der Waals surface area contributed by atoms with Gasteiger partial charge in [0.25, 0.3) is 5.91 Å². The zero-order valence-electron chi connectivity index (χ0n) is 10.9. The van der Waals surface area contributed by atoms with Crippen molar-refractivity contribution in [3.8, 4) is 0 Å². The molecule has 2 amide bonds. The molecule has 0 atom stereocenters. The molecule has 3 N–H and O–H groups in total. The average molecular weight is 273 g/mol. The Labute approximate surface area is 115 Å². The number of hydrogen-bond acceptors (Lipinski definition) is 4. The Morgan fingerprint density at radius 1 is 1.35 bits per heavy atom. The predicted octanol–water partition coefficient (Wildman–Crippen LogP) is 0.977. The van der Waals surface area contributed by atoms with E-state index >= 15 is 0 Å². The highest BCUT2D eigenvalue weighted by Crippen LogP contribution is 2.22. The van der Waals surface area contributed by atoms with Crippen LogP contribution < -0.4 is 11.1 Å². The second-order valence-electron chi connectivity index (χ2n) is 4.84. The molecule has 0 saturated carbocycles.